The molecule has 0 aliphatic rings. The van der Waals surface area contributed by atoms with Gasteiger partial charge in [-0.2, -0.15) is 0 Å². The van der Waals surface area contributed by atoms with Crippen LogP contribution in [0.3, 0.4) is 0 Å². The van der Waals surface area contributed by atoms with E-state index in [1.165, 1.54) is 29.8 Å². The van der Waals surface area contributed by atoms with Gasteiger partial charge in [-0.1, -0.05) is 30.3 Å². The number of aryl methyl sites for hydroxylation is 1. The summed E-state index contributed by atoms with van der Waals surface area (Å²) in [5, 5.41) is 22.5. The second kappa shape index (κ2) is 7.33. The molecule has 0 saturated heterocycles. The summed E-state index contributed by atoms with van der Waals surface area (Å²) < 4.78 is 0. The van der Waals surface area contributed by atoms with E-state index < -0.39 is 11.9 Å². The number of rotatable bonds is 5. The van der Waals surface area contributed by atoms with E-state index in [0.717, 1.165) is 32.3 Å². The predicted octanol–water partition coefficient (Wildman–Crippen LogP) is 4.81. The van der Waals surface area contributed by atoms with Crippen LogP contribution in [0.25, 0.3) is 21.3 Å². The molecule has 0 spiro atoms. The molecule has 0 amide bonds. The van der Waals surface area contributed by atoms with Gasteiger partial charge in [-0.25, -0.2) is 19.6 Å². The number of nitrogens with zero attached hydrogens (tertiary/aromatic N) is 2. The van der Waals surface area contributed by atoms with E-state index in [4.69, 9.17) is 0 Å². The molecule has 0 aliphatic heterocycles. The molecule has 4 aromatic rings. The lowest BCUT2D eigenvalue weighted by Gasteiger charge is -2.11. The van der Waals surface area contributed by atoms with Crippen LogP contribution in [0.2, 0.25) is 0 Å². The van der Waals surface area contributed by atoms with Gasteiger partial charge in [0.2, 0.25) is 0 Å². The number of hydrogen-bond donors (Lipinski definition) is 3. The average molecular weight is 405 g/mol. The largest absolute Gasteiger partial charge is 0.478 e. The number of aromatic nitrogens is 2. The monoisotopic (exact) mass is 405 g/mol. The van der Waals surface area contributed by atoms with E-state index in [-0.39, 0.29) is 11.1 Å². The Labute approximate surface area is 169 Å². The topological polar surface area (TPSA) is 112 Å². The molecule has 0 radical (unpaired) electrons. The Balaban J connectivity index is 1.88. The maximum absolute atomic E-state index is 11.4. The standard InChI is InChI=1S/C21H15N3O4S/c1-11-16(12-5-3-2-4-6-12)17-18(22-10-23-19(17)29-11)24-15-8-13(20(25)26)7-14(9-15)21(27)28/h2-10H,1H3,(H,25,26)(H,27,28)(H,22,23,24). The van der Waals surface area contributed by atoms with Crippen LogP contribution in [0.5, 0.6) is 0 Å². The summed E-state index contributed by atoms with van der Waals surface area (Å²) in [6, 6.07) is 13.7. The molecule has 0 atom stereocenters. The quantitative estimate of drug-likeness (QED) is 0.437. The lowest BCUT2D eigenvalue weighted by Crippen LogP contribution is -2.05. The Bertz CT molecular complexity index is 1220. The molecule has 0 unspecified atom stereocenters. The first-order valence-corrected chi connectivity index (χ1v) is 9.44. The second-order valence-corrected chi connectivity index (χ2v) is 7.54. The molecule has 144 valence electrons. The summed E-state index contributed by atoms with van der Waals surface area (Å²) in [5.41, 5.74) is 2.08. The zero-order valence-electron chi connectivity index (χ0n) is 15.2. The van der Waals surface area contributed by atoms with Crippen LogP contribution in [0.1, 0.15) is 25.6 Å². The number of carboxylic acid groups (broad SMARTS) is 2. The summed E-state index contributed by atoms with van der Waals surface area (Å²) in [5.74, 6) is -1.93. The van der Waals surface area contributed by atoms with Crippen molar-refractivity contribution in [2.45, 2.75) is 6.92 Å². The molecular weight excluding hydrogens is 390 g/mol. The SMILES string of the molecule is Cc1sc2ncnc(Nc3cc(C(=O)O)cc(C(=O)O)c3)c2c1-c1ccccc1. The molecule has 0 bridgehead atoms. The Morgan fingerprint density at radius 2 is 1.62 bits per heavy atom. The summed E-state index contributed by atoms with van der Waals surface area (Å²) in [6.45, 7) is 2.01. The number of thiophene rings is 1. The number of fused-ring (bicyclic) bond motifs is 1. The number of carbonyl (C=O) groups is 2. The van der Waals surface area contributed by atoms with Crippen LogP contribution in [0.4, 0.5) is 11.5 Å². The van der Waals surface area contributed by atoms with Crippen LogP contribution in [-0.2, 0) is 0 Å². The van der Waals surface area contributed by atoms with Crippen molar-refractivity contribution in [2.75, 3.05) is 5.32 Å². The molecule has 29 heavy (non-hydrogen) atoms. The average Bonchev–Trinajstić information content (AvgIpc) is 3.05. The number of anilines is 2. The Hall–Kier alpha value is -3.78. The second-order valence-electron chi connectivity index (χ2n) is 6.34. The summed E-state index contributed by atoms with van der Waals surface area (Å²) >= 11 is 1.54. The Morgan fingerprint density at radius 1 is 0.966 bits per heavy atom. The van der Waals surface area contributed by atoms with E-state index in [1.807, 2.05) is 37.3 Å². The highest BCUT2D eigenvalue weighted by Crippen LogP contribution is 2.40. The molecule has 0 saturated carbocycles. The van der Waals surface area contributed by atoms with Crippen molar-refractivity contribution in [2.24, 2.45) is 0 Å². The zero-order valence-corrected chi connectivity index (χ0v) is 16.0. The van der Waals surface area contributed by atoms with Gasteiger partial charge in [0.1, 0.15) is 17.0 Å². The van der Waals surface area contributed by atoms with Crippen molar-refractivity contribution < 1.29 is 19.8 Å². The first-order chi connectivity index (χ1) is 13.9. The van der Waals surface area contributed by atoms with E-state index in [1.54, 1.807) is 0 Å². The summed E-state index contributed by atoms with van der Waals surface area (Å²) in [7, 11) is 0. The Morgan fingerprint density at radius 3 is 2.24 bits per heavy atom. The molecule has 4 rings (SSSR count). The minimum absolute atomic E-state index is 0.123. The molecule has 3 N–H and O–H groups in total. The molecule has 2 heterocycles. The van der Waals surface area contributed by atoms with E-state index in [0.29, 0.717) is 11.5 Å². The Kier molecular flexibility index (Phi) is 4.69. The van der Waals surface area contributed by atoms with Gasteiger partial charge in [0.25, 0.3) is 0 Å². The number of benzene rings is 2. The van der Waals surface area contributed by atoms with E-state index in [2.05, 4.69) is 15.3 Å². The molecular formula is C21H15N3O4S. The van der Waals surface area contributed by atoms with Crippen LogP contribution in [-0.4, -0.2) is 32.1 Å². The van der Waals surface area contributed by atoms with Crippen molar-refractivity contribution >= 4 is 45.0 Å². The van der Waals surface area contributed by atoms with Crippen LogP contribution >= 0.6 is 11.3 Å². The molecule has 7 nitrogen and oxygen atoms in total. The van der Waals surface area contributed by atoms with Crippen LogP contribution in [0.15, 0.2) is 54.9 Å². The molecule has 8 heteroatoms. The van der Waals surface area contributed by atoms with Crippen LogP contribution in [0, 0.1) is 6.92 Å². The molecule has 2 aromatic heterocycles. The minimum Gasteiger partial charge on any atom is -0.478 e. The fraction of sp³-hybridized carbons (Fsp3) is 0.0476. The normalized spacial score (nSPS) is 10.8. The van der Waals surface area contributed by atoms with Crippen molar-refractivity contribution in [1.29, 1.82) is 0 Å². The molecule has 2 aromatic carbocycles. The lowest BCUT2D eigenvalue weighted by atomic mass is 10.0. The molecule has 0 aliphatic carbocycles. The maximum atomic E-state index is 11.4. The highest BCUT2D eigenvalue weighted by atomic mass is 32.1. The van der Waals surface area contributed by atoms with Gasteiger partial charge in [0.05, 0.1) is 16.5 Å². The first kappa shape index (κ1) is 18.6. The number of aromatic carboxylic acids is 2. The van der Waals surface area contributed by atoms with Gasteiger partial charge in [0.15, 0.2) is 0 Å². The highest BCUT2D eigenvalue weighted by molar-refractivity contribution is 7.19. The van der Waals surface area contributed by atoms with Crippen molar-refractivity contribution in [3.63, 3.8) is 0 Å². The zero-order chi connectivity index (χ0) is 20.5. The highest BCUT2D eigenvalue weighted by Gasteiger charge is 2.18. The minimum atomic E-state index is -1.21. The molecule has 0 fully saturated rings. The van der Waals surface area contributed by atoms with Gasteiger partial charge < -0.3 is 15.5 Å². The number of nitrogens with one attached hydrogen (secondary N) is 1. The fourth-order valence-corrected chi connectivity index (χ4v) is 4.19. The third-order valence-electron chi connectivity index (χ3n) is 4.42. The van der Waals surface area contributed by atoms with Crippen molar-refractivity contribution in [1.82, 2.24) is 9.97 Å². The third-order valence-corrected chi connectivity index (χ3v) is 5.43. The lowest BCUT2D eigenvalue weighted by molar-refractivity contribution is 0.0696. The smallest absolute Gasteiger partial charge is 0.335 e. The van der Waals surface area contributed by atoms with Crippen molar-refractivity contribution in [3.05, 3.63) is 70.9 Å². The summed E-state index contributed by atoms with van der Waals surface area (Å²) in [4.78, 5) is 33.3. The van der Waals surface area contributed by atoms with Gasteiger partial charge in [0, 0.05) is 16.1 Å². The van der Waals surface area contributed by atoms with Crippen molar-refractivity contribution in [3.8, 4) is 11.1 Å². The van der Waals surface area contributed by atoms with Gasteiger partial charge in [-0.15, -0.1) is 11.3 Å². The maximum Gasteiger partial charge on any atom is 0.335 e. The van der Waals surface area contributed by atoms with Crippen LogP contribution < -0.4 is 5.32 Å². The third kappa shape index (κ3) is 3.53. The summed E-state index contributed by atoms with van der Waals surface area (Å²) in [6.07, 6.45) is 1.43. The van der Waals surface area contributed by atoms with Gasteiger partial charge in [-0.05, 0) is 30.7 Å². The van der Waals surface area contributed by atoms with Gasteiger partial charge in [-0.3, -0.25) is 0 Å². The number of hydrogen-bond acceptors (Lipinski definition) is 6. The van der Waals surface area contributed by atoms with Gasteiger partial charge >= 0.3 is 11.9 Å². The van der Waals surface area contributed by atoms with E-state index >= 15 is 0 Å². The van der Waals surface area contributed by atoms with E-state index in [9.17, 15) is 19.8 Å². The number of carboxylic acids is 2. The predicted molar refractivity (Wildman–Crippen MR) is 111 cm³/mol. The first-order valence-electron chi connectivity index (χ1n) is 8.62. The fourth-order valence-electron chi connectivity index (χ4n) is 3.17.